The van der Waals surface area contributed by atoms with Crippen molar-refractivity contribution in [3.05, 3.63) is 11.6 Å². The van der Waals surface area contributed by atoms with E-state index in [9.17, 15) is 5.11 Å². The topological polar surface area (TPSA) is 35.8 Å². The lowest BCUT2D eigenvalue weighted by Gasteiger charge is -2.38. The SMILES string of the molecule is CC(C)(O)C1CCN(CC2=CCC(I)N=C2)CC1. The van der Waals surface area contributed by atoms with Gasteiger partial charge in [-0.3, -0.25) is 9.89 Å². The Kier molecular flexibility index (Phi) is 4.83. The molecule has 0 amide bonds. The number of rotatable bonds is 3. The van der Waals surface area contributed by atoms with E-state index in [1.165, 1.54) is 5.57 Å². The first-order valence-corrected chi connectivity index (χ1v) is 8.01. The zero-order chi connectivity index (χ0) is 13.2. The molecule has 0 radical (unpaired) electrons. The van der Waals surface area contributed by atoms with Crippen LogP contribution in [-0.4, -0.2) is 45.5 Å². The number of aliphatic imine (C=N–C) groups is 1. The molecule has 2 heterocycles. The number of piperidine rings is 1. The molecule has 1 unspecified atom stereocenters. The largest absolute Gasteiger partial charge is 0.390 e. The number of hydrogen-bond donors (Lipinski definition) is 1. The van der Waals surface area contributed by atoms with E-state index in [4.69, 9.17) is 0 Å². The van der Waals surface area contributed by atoms with Crippen LogP contribution in [0.4, 0.5) is 0 Å². The minimum atomic E-state index is -0.522. The van der Waals surface area contributed by atoms with E-state index in [-0.39, 0.29) is 0 Å². The van der Waals surface area contributed by atoms with Crippen molar-refractivity contribution in [1.82, 2.24) is 4.90 Å². The second kappa shape index (κ2) is 6.01. The standard InChI is InChI=1S/C14H23IN2O/c1-14(2,18)12-5-7-17(8-6-12)10-11-3-4-13(15)16-9-11/h3,9,12-13,18H,4-8,10H2,1-2H3. The Morgan fingerprint density at radius 3 is 2.61 bits per heavy atom. The third-order valence-corrected chi connectivity index (χ3v) is 4.80. The maximum Gasteiger partial charge on any atom is 0.104 e. The van der Waals surface area contributed by atoms with Gasteiger partial charge >= 0.3 is 0 Å². The molecule has 2 aliphatic heterocycles. The number of halogens is 1. The van der Waals surface area contributed by atoms with E-state index in [0.29, 0.717) is 9.97 Å². The highest BCUT2D eigenvalue weighted by Crippen LogP contribution is 2.28. The van der Waals surface area contributed by atoms with Crippen LogP contribution in [0.5, 0.6) is 0 Å². The predicted molar refractivity (Wildman–Crippen MR) is 84.5 cm³/mol. The number of likely N-dealkylation sites (tertiary alicyclic amines) is 1. The van der Waals surface area contributed by atoms with Crippen molar-refractivity contribution < 1.29 is 5.11 Å². The van der Waals surface area contributed by atoms with Crippen LogP contribution in [0.25, 0.3) is 0 Å². The van der Waals surface area contributed by atoms with E-state index in [0.717, 1.165) is 38.9 Å². The normalized spacial score (nSPS) is 27.3. The summed E-state index contributed by atoms with van der Waals surface area (Å²) < 4.78 is 0.423. The van der Waals surface area contributed by atoms with Crippen molar-refractivity contribution in [1.29, 1.82) is 0 Å². The van der Waals surface area contributed by atoms with E-state index >= 15 is 0 Å². The van der Waals surface area contributed by atoms with Gasteiger partial charge in [0.05, 0.1) is 5.60 Å². The number of nitrogens with zero attached hydrogens (tertiary/aromatic N) is 2. The van der Waals surface area contributed by atoms with Crippen molar-refractivity contribution in [3.8, 4) is 0 Å². The molecule has 1 saturated heterocycles. The average Bonchev–Trinajstić information content (AvgIpc) is 2.32. The molecule has 3 nitrogen and oxygen atoms in total. The van der Waals surface area contributed by atoms with Gasteiger partial charge in [0.2, 0.25) is 0 Å². The third-order valence-electron chi connectivity index (χ3n) is 3.97. The highest BCUT2D eigenvalue weighted by atomic mass is 127. The van der Waals surface area contributed by atoms with Gasteiger partial charge in [0.1, 0.15) is 4.05 Å². The summed E-state index contributed by atoms with van der Waals surface area (Å²) in [6.45, 7) is 7.07. The van der Waals surface area contributed by atoms with Crippen LogP contribution in [0, 0.1) is 5.92 Å². The van der Waals surface area contributed by atoms with Gasteiger partial charge in [0, 0.05) is 12.8 Å². The van der Waals surface area contributed by atoms with Gasteiger partial charge in [-0.05, 0) is 57.7 Å². The maximum absolute atomic E-state index is 10.0. The summed E-state index contributed by atoms with van der Waals surface area (Å²) in [5.41, 5.74) is 0.830. The van der Waals surface area contributed by atoms with E-state index < -0.39 is 5.60 Å². The fourth-order valence-electron chi connectivity index (χ4n) is 2.70. The number of aliphatic hydroxyl groups is 1. The van der Waals surface area contributed by atoms with Crippen LogP contribution in [0.2, 0.25) is 0 Å². The first kappa shape index (κ1) is 14.5. The lowest BCUT2D eigenvalue weighted by Crippen LogP contribution is -2.42. The Morgan fingerprint density at radius 1 is 1.44 bits per heavy atom. The molecule has 1 atom stereocenters. The van der Waals surface area contributed by atoms with Crippen LogP contribution >= 0.6 is 22.6 Å². The van der Waals surface area contributed by atoms with E-state index in [1.807, 2.05) is 20.1 Å². The lowest BCUT2D eigenvalue weighted by molar-refractivity contribution is -0.0112. The van der Waals surface area contributed by atoms with Crippen LogP contribution < -0.4 is 0 Å². The molecule has 0 aromatic carbocycles. The van der Waals surface area contributed by atoms with Crippen molar-refractivity contribution in [2.75, 3.05) is 19.6 Å². The fraction of sp³-hybridized carbons (Fsp3) is 0.786. The van der Waals surface area contributed by atoms with E-state index in [2.05, 4.69) is 38.6 Å². The van der Waals surface area contributed by atoms with Crippen molar-refractivity contribution in [2.24, 2.45) is 10.9 Å². The van der Waals surface area contributed by atoms with Gasteiger partial charge in [0.25, 0.3) is 0 Å². The van der Waals surface area contributed by atoms with Gasteiger partial charge in [-0.1, -0.05) is 28.7 Å². The van der Waals surface area contributed by atoms with Crippen molar-refractivity contribution in [2.45, 2.75) is 42.8 Å². The maximum atomic E-state index is 10.0. The highest BCUT2D eigenvalue weighted by molar-refractivity contribution is 14.1. The van der Waals surface area contributed by atoms with Crippen LogP contribution in [0.15, 0.2) is 16.6 Å². The van der Waals surface area contributed by atoms with Crippen molar-refractivity contribution >= 4 is 28.8 Å². The molecule has 0 saturated carbocycles. The molecule has 18 heavy (non-hydrogen) atoms. The molecule has 0 bridgehead atoms. The summed E-state index contributed by atoms with van der Waals surface area (Å²) in [7, 11) is 0. The Bertz CT molecular complexity index is 338. The quantitative estimate of drug-likeness (QED) is 0.476. The van der Waals surface area contributed by atoms with Crippen LogP contribution in [0.1, 0.15) is 33.1 Å². The molecule has 0 spiro atoms. The number of hydrogen-bond acceptors (Lipinski definition) is 3. The number of alkyl halides is 1. The van der Waals surface area contributed by atoms with Gasteiger partial charge in [-0.15, -0.1) is 0 Å². The van der Waals surface area contributed by atoms with Gasteiger partial charge in [0.15, 0.2) is 0 Å². The monoisotopic (exact) mass is 362 g/mol. The number of dihydropyridines is 1. The van der Waals surface area contributed by atoms with E-state index in [1.54, 1.807) is 0 Å². The first-order valence-electron chi connectivity index (χ1n) is 6.76. The second-order valence-electron chi connectivity index (χ2n) is 5.93. The molecule has 102 valence electrons. The zero-order valence-corrected chi connectivity index (χ0v) is 13.4. The highest BCUT2D eigenvalue weighted by Gasteiger charge is 2.30. The summed E-state index contributed by atoms with van der Waals surface area (Å²) in [6, 6.07) is 0. The lowest BCUT2D eigenvalue weighted by atomic mass is 9.83. The third kappa shape index (κ3) is 4.03. The summed E-state index contributed by atoms with van der Waals surface area (Å²) in [5, 5.41) is 10.0. The fourth-order valence-corrected chi connectivity index (χ4v) is 3.11. The summed E-state index contributed by atoms with van der Waals surface area (Å²) in [5.74, 6) is 0.446. The molecular formula is C14H23IN2O. The molecule has 2 rings (SSSR count). The minimum absolute atomic E-state index is 0.423. The Labute approximate surface area is 123 Å². The minimum Gasteiger partial charge on any atom is -0.390 e. The Morgan fingerprint density at radius 2 is 2.11 bits per heavy atom. The molecule has 0 aromatic rings. The summed E-state index contributed by atoms with van der Waals surface area (Å²) in [4.78, 5) is 6.94. The predicted octanol–water partition coefficient (Wildman–Crippen LogP) is 2.63. The molecular weight excluding hydrogens is 339 g/mol. The molecule has 0 aromatic heterocycles. The van der Waals surface area contributed by atoms with Gasteiger partial charge in [-0.25, -0.2) is 0 Å². The summed E-state index contributed by atoms with van der Waals surface area (Å²) >= 11 is 2.37. The van der Waals surface area contributed by atoms with Crippen LogP contribution in [-0.2, 0) is 0 Å². The molecule has 1 N–H and O–H groups in total. The second-order valence-corrected chi connectivity index (χ2v) is 7.37. The van der Waals surface area contributed by atoms with Gasteiger partial charge in [-0.2, -0.15) is 0 Å². The molecule has 1 fully saturated rings. The van der Waals surface area contributed by atoms with Crippen molar-refractivity contribution in [3.63, 3.8) is 0 Å². The zero-order valence-electron chi connectivity index (χ0n) is 11.3. The molecule has 4 heteroatoms. The smallest absolute Gasteiger partial charge is 0.104 e. The Balaban J connectivity index is 1.79. The Hall–Kier alpha value is 0.0600. The summed E-state index contributed by atoms with van der Waals surface area (Å²) in [6.07, 6.45) is 7.60. The molecule has 2 aliphatic rings. The average molecular weight is 362 g/mol. The van der Waals surface area contributed by atoms with Gasteiger partial charge < -0.3 is 5.11 Å². The van der Waals surface area contributed by atoms with Crippen LogP contribution in [0.3, 0.4) is 0 Å². The first-order chi connectivity index (χ1) is 8.45. The molecule has 0 aliphatic carbocycles.